The summed E-state index contributed by atoms with van der Waals surface area (Å²) in [5.41, 5.74) is -0.124. The van der Waals surface area contributed by atoms with Crippen LogP contribution in [0.5, 0.6) is 11.5 Å². The lowest BCUT2D eigenvalue weighted by Crippen LogP contribution is -2.41. The molecule has 0 bridgehead atoms. The van der Waals surface area contributed by atoms with Gasteiger partial charge in [-0.05, 0) is 51.5 Å². The smallest absolute Gasteiger partial charge is 0.340 e. The summed E-state index contributed by atoms with van der Waals surface area (Å²) in [6, 6.07) is 5.77. The van der Waals surface area contributed by atoms with Crippen LogP contribution in [0, 0.1) is 11.6 Å². The van der Waals surface area contributed by atoms with E-state index in [2.05, 4.69) is 9.46 Å². The minimum atomic E-state index is -1.42. The van der Waals surface area contributed by atoms with E-state index in [1.165, 1.54) is 18.2 Å². The molecule has 0 saturated carbocycles. The average molecular weight is 460 g/mol. The van der Waals surface area contributed by atoms with Gasteiger partial charge in [0.15, 0.2) is 11.6 Å². The van der Waals surface area contributed by atoms with Gasteiger partial charge in [0.05, 0.1) is 23.7 Å². The van der Waals surface area contributed by atoms with E-state index >= 15 is 4.39 Å². The van der Waals surface area contributed by atoms with Gasteiger partial charge >= 0.3 is 5.97 Å². The van der Waals surface area contributed by atoms with Crippen LogP contribution in [0.3, 0.4) is 0 Å². The van der Waals surface area contributed by atoms with Crippen LogP contribution in [0.1, 0.15) is 56.1 Å². The molecule has 0 amide bonds. The number of halogens is 3. The van der Waals surface area contributed by atoms with Crippen LogP contribution in [0.15, 0.2) is 30.3 Å². The van der Waals surface area contributed by atoms with E-state index in [0.29, 0.717) is 6.42 Å². The molecule has 9 heteroatoms. The molecule has 0 spiro atoms. The van der Waals surface area contributed by atoms with E-state index in [-0.39, 0.29) is 27.6 Å². The van der Waals surface area contributed by atoms with Gasteiger partial charge in [0.25, 0.3) is 0 Å². The second-order valence-electron chi connectivity index (χ2n) is 7.47. The fourth-order valence-corrected chi connectivity index (χ4v) is 3.63. The number of hydrogen-bond donors (Lipinski definition) is 1. The van der Waals surface area contributed by atoms with Crippen LogP contribution < -0.4 is 9.46 Å². The van der Waals surface area contributed by atoms with Crippen molar-refractivity contribution < 1.29 is 27.6 Å². The predicted octanol–water partition coefficient (Wildman–Crippen LogP) is 5.70. The van der Waals surface area contributed by atoms with Crippen molar-refractivity contribution in [3.63, 3.8) is 0 Å². The Kier molecular flexibility index (Phi) is 8.10. The molecule has 2 aromatic rings. The summed E-state index contributed by atoms with van der Waals surface area (Å²) in [6.45, 7) is 7.25. The Labute approximate surface area is 183 Å². The molecule has 0 aliphatic carbocycles. The molecular weight excluding hydrogens is 436 g/mol. The quantitative estimate of drug-likeness (QED) is 0.424. The van der Waals surface area contributed by atoms with E-state index in [1.54, 1.807) is 0 Å². The van der Waals surface area contributed by atoms with E-state index in [4.69, 9.17) is 16.3 Å². The standard InChI is InChI=1S/C21H24ClF2NO4S/c1-6-17(25-30(27)21(2,3)4)13-8-9-15(22)19(18(13)24)29-12-7-10-16(23)14(11-12)20(26)28-5/h7-11,17,25H,6H2,1-5H3/t17?,30-/m1/s1. The summed E-state index contributed by atoms with van der Waals surface area (Å²) in [5, 5.41) is -0.00742. The lowest BCUT2D eigenvalue weighted by molar-refractivity contribution is 0.0595. The third-order valence-electron chi connectivity index (χ3n) is 4.23. The largest absolute Gasteiger partial charge is 0.598 e. The lowest BCUT2D eigenvalue weighted by atomic mass is 10.0. The summed E-state index contributed by atoms with van der Waals surface area (Å²) >= 11 is 4.71. The highest BCUT2D eigenvalue weighted by atomic mass is 35.5. The second kappa shape index (κ2) is 9.96. The van der Waals surface area contributed by atoms with Crippen molar-refractivity contribution in [2.24, 2.45) is 0 Å². The average Bonchev–Trinajstić information content (AvgIpc) is 2.69. The predicted molar refractivity (Wildman–Crippen MR) is 113 cm³/mol. The van der Waals surface area contributed by atoms with Crippen LogP contribution in [-0.2, 0) is 16.1 Å². The van der Waals surface area contributed by atoms with Crippen molar-refractivity contribution >= 4 is 28.9 Å². The van der Waals surface area contributed by atoms with E-state index in [0.717, 1.165) is 19.2 Å². The van der Waals surface area contributed by atoms with Gasteiger partial charge in [-0.15, -0.1) is 4.72 Å². The molecule has 2 rings (SSSR count). The molecule has 0 aromatic heterocycles. The van der Waals surface area contributed by atoms with Gasteiger partial charge < -0.3 is 14.0 Å². The molecule has 5 nitrogen and oxygen atoms in total. The molecule has 0 radical (unpaired) electrons. The SMILES string of the molecule is CCC(N[S@+]([O-])C(C)(C)C)c1ccc(Cl)c(Oc2ccc(F)c(C(=O)OC)c2)c1F. The molecule has 164 valence electrons. The fraction of sp³-hybridized carbons (Fsp3) is 0.381. The summed E-state index contributed by atoms with van der Waals surface area (Å²) in [7, 11) is 1.12. The maximum absolute atomic E-state index is 15.3. The molecule has 0 heterocycles. The maximum Gasteiger partial charge on any atom is 0.340 e. The highest BCUT2D eigenvalue weighted by Crippen LogP contribution is 2.37. The molecule has 0 fully saturated rings. The molecule has 2 atom stereocenters. The Balaban J connectivity index is 2.40. The van der Waals surface area contributed by atoms with E-state index in [1.807, 2.05) is 27.7 Å². The highest BCUT2D eigenvalue weighted by molar-refractivity contribution is 7.90. The molecule has 30 heavy (non-hydrogen) atoms. The molecule has 0 aliphatic heterocycles. The van der Waals surface area contributed by atoms with Gasteiger partial charge in [-0.3, -0.25) is 0 Å². The van der Waals surface area contributed by atoms with Gasteiger partial charge in [-0.1, -0.05) is 24.6 Å². The van der Waals surface area contributed by atoms with Crippen LogP contribution in [0.4, 0.5) is 8.78 Å². The zero-order valence-electron chi connectivity index (χ0n) is 17.3. The van der Waals surface area contributed by atoms with Crippen molar-refractivity contribution in [3.8, 4) is 11.5 Å². The summed E-state index contributed by atoms with van der Waals surface area (Å²) in [4.78, 5) is 11.7. The number of carbonyl (C=O) groups is 1. The van der Waals surface area contributed by atoms with Gasteiger partial charge in [0, 0.05) is 16.9 Å². The van der Waals surface area contributed by atoms with E-state index < -0.39 is 39.8 Å². The Bertz CT molecular complexity index is 921. The lowest BCUT2D eigenvalue weighted by Gasteiger charge is -2.28. The van der Waals surface area contributed by atoms with Crippen molar-refractivity contribution in [3.05, 3.63) is 58.1 Å². The first-order valence-corrected chi connectivity index (χ1v) is 10.7. The van der Waals surface area contributed by atoms with Gasteiger partial charge in [-0.25, -0.2) is 13.6 Å². The van der Waals surface area contributed by atoms with Crippen molar-refractivity contribution in [1.29, 1.82) is 0 Å². The third-order valence-corrected chi connectivity index (χ3v) is 6.14. The first-order valence-electron chi connectivity index (χ1n) is 9.21. The summed E-state index contributed by atoms with van der Waals surface area (Å²) in [5.74, 6) is -2.70. The number of nitrogens with one attached hydrogen (secondary N) is 1. The number of ether oxygens (including phenoxy) is 2. The van der Waals surface area contributed by atoms with Crippen molar-refractivity contribution in [2.45, 2.75) is 44.9 Å². The molecule has 1 unspecified atom stereocenters. The van der Waals surface area contributed by atoms with Crippen LogP contribution in [0.2, 0.25) is 5.02 Å². The molecule has 1 N–H and O–H groups in total. The number of rotatable bonds is 7. The summed E-state index contributed by atoms with van der Waals surface area (Å²) < 4.78 is 54.1. The van der Waals surface area contributed by atoms with Gasteiger partial charge in [-0.2, -0.15) is 0 Å². The highest BCUT2D eigenvalue weighted by Gasteiger charge is 2.31. The first-order chi connectivity index (χ1) is 14.0. The Morgan fingerprint density at radius 3 is 2.50 bits per heavy atom. The van der Waals surface area contributed by atoms with Crippen LogP contribution >= 0.6 is 11.6 Å². The number of hydrogen-bond acceptors (Lipinski definition) is 5. The summed E-state index contributed by atoms with van der Waals surface area (Å²) in [6.07, 6.45) is 0.461. The number of carbonyl (C=O) groups excluding carboxylic acids is 1. The minimum Gasteiger partial charge on any atom is -0.598 e. The van der Waals surface area contributed by atoms with Crippen molar-refractivity contribution in [2.75, 3.05) is 7.11 Å². The van der Waals surface area contributed by atoms with Crippen LogP contribution in [-0.4, -0.2) is 22.4 Å². The zero-order chi connectivity index (χ0) is 22.6. The maximum atomic E-state index is 15.3. The van der Waals surface area contributed by atoms with E-state index in [9.17, 15) is 13.7 Å². The zero-order valence-corrected chi connectivity index (χ0v) is 18.9. The molecule has 0 aliphatic rings. The number of benzene rings is 2. The van der Waals surface area contributed by atoms with Gasteiger partial charge in [0.2, 0.25) is 0 Å². The fourth-order valence-electron chi connectivity index (χ4n) is 2.54. The Morgan fingerprint density at radius 1 is 1.27 bits per heavy atom. The first kappa shape index (κ1) is 24.4. The van der Waals surface area contributed by atoms with Crippen molar-refractivity contribution in [1.82, 2.24) is 4.72 Å². The normalized spacial score (nSPS) is 13.6. The monoisotopic (exact) mass is 459 g/mol. The number of methoxy groups -OCH3 is 1. The molecular formula is C21H24ClF2NO4S. The van der Waals surface area contributed by atoms with Gasteiger partial charge in [0.1, 0.15) is 16.3 Å². The minimum absolute atomic E-state index is 0.00742. The second-order valence-corrected chi connectivity index (χ2v) is 9.88. The molecule has 2 aromatic carbocycles. The topological polar surface area (TPSA) is 70.6 Å². The Morgan fingerprint density at radius 2 is 1.93 bits per heavy atom. The number of esters is 1. The molecule has 0 saturated heterocycles. The Hall–Kier alpha value is -1.87. The third kappa shape index (κ3) is 5.63. The van der Waals surface area contributed by atoms with Crippen LogP contribution in [0.25, 0.3) is 0 Å².